The molecule has 1 aromatic carbocycles. The Morgan fingerprint density at radius 1 is 1.39 bits per heavy atom. The van der Waals surface area contributed by atoms with Crippen LogP contribution < -0.4 is 14.8 Å². The van der Waals surface area contributed by atoms with Gasteiger partial charge >= 0.3 is 5.97 Å². The van der Waals surface area contributed by atoms with Crippen molar-refractivity contribution in [3.8, 4) is 11.5 Å². The number of benzene rings is 1. The molecule has 1 amide bonds. The van der Waals surface area contributed by atoms with Crippen LogP contribution in [0.5, 0.6) is 11.5 Å². The molecule has 0 heterocycles. The number of hydrogen-bond acceptors (Lipinski definition) is 4. The number of rotatable bonds is 7. The second-order valence-electron chi connectivity index (χ2n) is 3.57. The van der Waals surface area contributed by atoms with Crippen molar-refractivity contribution in [3.05, 3.63) is 23.8 Å². The minimum Gasteiger partial charge on any atom is -0.493 e. The molecule has 1 rings (SSSR count). The SMILES string of the molecule is COc1ccc(CC(NC=O)C(=O)O)cc1OC. The van der Waals surface area contributed by atoms with Crippen molar-refractivity contribution < 1.29 is 24.2 Å². The maximum absolute atomic E-state index is 10.9. The van der Waals surface area contributed by atoms with Crippen molar-refractivity contribution in [1.82, 2.24) is 5.32 Å². The number of nitrogens with one attached hydrogen (secondary N) is 1. The third kappa shape index (κ3) is 3.38. The van der Waals surface area contributed by atoms with Crippen molar-refractivity contribution in [1.29, 1.82) is 0 Å². The van der Waals surface area contributed by atoms with E-state index < -0.39 is 12.0 Å². The molecule has 1 unspecified atom stereocenters. The average molecular weight is 253 g/mol. The Bertz CT molecular complexity index is 432. The number of carbonyl (C=O) groups is 2. The molecular formula is C12H15NO5. The van der Waals surface area contributed by atoms with E-state index in [0.717, 1.165) is 5.56 Å². The number of amides is 1. The zero-order chi connectivity index (χ0) is 13.5. The summed E-state index contributed by atoms with van der Waals surface area (Å²) in [4.78, 5) is 21.2. The standard InChI is InChI=1S/C12H15NO5/c1-17-10-4-3-8(6-11(10)18-2)5-9(12(15)16)13-7-14/h3-4,6-7,9H,5H2,1-2H3,(H,13,14)(H,15,16). The molecule has 2 N–H and O–H groups in total. The van der Waals surface area contributed by atoms with Gasteiger partial charge in [0.1, 0.15) is 6.04 Å². The first-order valence-electron chi connectivity index (χ1n) is 5.25. The van der Waals surface area contributed by atoms with Crippen LogP contribution in [0.15, 0.2) is 18.2 Å². The lowest BCUT2D eigenvalue weighted by atomic mass is 10.1. The molecule has 0 bridgehead atoms. The molecule has 0 aromatic heterocycles. The summed E-state index contributed by atoms with van der Waals surface area (Å²) in [6.45, 7) is 0. The van der Waals surface area contributed by atoms with E-state index in [1.54, 1.807) is 18.2 Å². The fourth-order valence-electron chi connectivity index (χ4n) is 1.54. The number of aliphatic carboxylic acids is 1. The Hall–Kier alpha value is -2.24. The number of carboxylic acid groups (broad SMARTS) is 1. The van der Waals surface area contributed by atoms with Crippen LogP contribution in [0, 0.1) is 0 Å². The van der Waals surface area contributed by atoms with E-state index in [-0.39, 0.29) is 6.42 Å². The Labute approximate surface area is 105 Å². The largest absolute Gasteiger partial charge is 0.493 e. The molecule has 6 nitrogen and oxygen atoms in total. The summed E-state index contributed by atoms with van der Waals surface area (Å²) < 4.78 is 10.2. The summed E-state index contributed by atoms with van der Waals surface area (Å²) in [6, 6.07) is 4.14. The molecule has 0 saturated carbocycles. The molecule has 0 radical (unpaired) electrons. The summed E-state index contributed by atoms with van der Waals surface area (Å²) >= 11 is 0. The highest BCUT2D eigenvalue weighted by Gasteiger charge is 2.17. The van der Waals surface area contributed by atoms with Gasteiger partial charge in [-0.2, -0.15) is 0 Å². The number of carboxylic acids is 1. The van der Waals surface area contributed by atoms with E-state index in [4.69, 9.17) is 14.6 Å². The van der Waals surface area contributed by atoms with Gasteiger partial charge in [0, 0.05) is 6.42 Å². The lowest BCUT2D eigenvalue weighted by Crippen LogP contribution is -2.37. The van der Waals surface area contributed by atoms with Crippen molar-refractivity contribution in [2.45, 2.75) is 12.5 Å². The Morgan fingerprint density at radius 3 is 2.56 bits per heavy atom. The van der Waals surface area contributed by atoms with E-state index in [2.05, 4.69) is 5.32 Å². The smallest absolute Gasteiger partial charge is 0.326 e. The van der Waals surface area contributed by atoms with Crippen LogP contribution >= 0.6 is 0 Å². The Kier molecular flexibility index (Phi) is 4.98. The quantitative estimate of drug-likeness (QED) is 0.689. The van der Waals surface area contributed by atoms with Crippen molar-refractivity contribution in [2.75, 3.05) is 14.2 Å². The van der Waals surface area contributed by atoms with Crippen molar-refractivity contribution in [3.63, 3.8) is 0 Å². The maximum Gasteiger partial charge on any atom is 0.326 e. The molecule has 0 fully saturated rings. The number of methoxy groups -OCH3 is 2. The van der Waals surface area contributed by atoms with Crippen molar-refractivity contribution >= 4 is 12.4 Å². The van der Waals surface area contributed by atoms with Gasteiger partial charge in [-0.25, -0.2) is 4.79 Å². The Morgan fingerprint density at radius 2 is 2.06 bits per heavy atom. The van der Waals surface area contributed by atoms with Crippen LogP contribution in [0.3, 0.4) is 0 Å². The van der Waals surface area contributed by atoms with E-state index in [1.165, 1.54) is 14.2 Å². The van der Waals surface area contributed by atoms with Crippen molar-refractivity contribution in [2.24, 2.45) is 0 Å². The fraction of sp³-hybridized carbons (Fsp3) is 0.333. The molecule has 0 aliphatic carbocycles. The lowest BCUT2D eigenvalue weighted by Gasteiger charge is -2.13. The third-order valence-corrected chi connectivity index (χ3v) is 2.46. The van der Waals surface area contributed by atoms with Crippen LogP contribution in [0.25, 0.3) is 0 Å². The molecule has 0 saturated heterocycles. The van der Waals surface area contributed by atoms with Gasteiger partial charge in [0.25, 0.3) is 0 Å². The zero-order valence-electron chi connectivity index (χ0n) is 10.2. The van der Waals surface area contributed by atoms with Crippen LogP contribution in [0.4, 0.5) is 0 Å². The van der Waals surface area contributed by atoms with Crippen LogP contribution in [-0.4, -0.2) is 37.7 Å². The summed E-state index contributed by atoms with van der Waals surface area (Å²) in [5, 5.41) is 11.2. The minimum atomic E-state index is -1.09. The zero-order valence-corrected chi connectivity index (χ0v) is 10.2. The molecular weight excluding hydrogens is 238 g/mol. The molecule has 0 aliphatic rings. The summed E-state index contributed by atoms with van der Waals surface area (Å²) in [7, 11) is 3.02. The minimum absolute atomic E-state index is 0.175. The second-order valence-corrected chi connectivity index (χ2v) is 3.57. The van der Waals surface area contributed by atoms with Gasteiger partial charge in [-0.15, -0.1) is 0 Å². The Balaban J connectivity index is 2.89. The molecule has 6 heteroatoms. The maximum atomic E-state index is 10.9. The van der Waals surface area contributed by atoms with Crippen LogP contribution in [-0.2, 0) is 16.0 Å². The van der Waals surface area contributed by atoms with E-state index in [1.807, 2.05) is 0 Å². The fourth-order valence-corrected chi connectivity index (χ4v) is 1.54. The van der Waals surface area contributed by atoms with E-state index in [9.17, 15) is 9.59 Å². The summed E-state index contributed by atoms with van der Waals surface area (Å²) in [5.41, 5.74) is 0.731. The predicted octanol–water partition coefficient (Wildman–Crippen LogP) is 0.446. The van der Waals surface area contributed by atoms with Gasteiger partial charge in [-0.1, -0.05) is 6.07 Å². The van der Waals surface area contributed by atoms with Gasteiger partial charge in [0.05, 0.1) is 14.2 Å². The summed E-state index contributed by atoms with van der Waals surface area (Å²) in [6.07, 6.45) is 0.550. The van der Waals surface area contributed by atoms with Gasteiger partial charge in [0.15, 0.2) is 11.5 Å². The predicted molar refractivity (Wildman–Crippen MR) is 63.9 cm³/mol. The van der Waals surface area contributed by atoms with E-state index in [0.29, 0.717) is 17.9 Å². The lowest BCUT2D eigenvalue weighted by molar-refractivity contribution is -0.140. The average Bonchev–Trinajstić information content (AvgIpc) is 2.37. The second kappa shape index (κ2) is 6.48. The molecule has 18 heavy (non-hydrogen) atoms. The summed E-state index contributed by atoms with van der Waals surface area (Å²) in [5.74, 6) is -0.00130. The van der Waals surface area contributed by atoms with Gasteiger partial charge in [-0.3, -0.25) is 4.79 Å². The first-order chi connectivity index (χ1) is 8.62. The number of ether oxygens (including phenoxy) is 2. The van der Waals surface area contributed by atoms with Gasteiger partial charge < -0.3 is 19.9 Å². The highest BCUT2D eigenvalue weighted by atomic mass is 16.5. The first kappa shape index (κ1) is 13.8. The van der Waals surface area contributed by atoms with Crippen LogP contribution in [0.2, 0.25) is 0 Å². The topological polar surface area (TPSA) is 84.9 Å². The third-order valence-electron chi connectivity index (χ3n) is 2.46. The molecule has 1 atom stereocenters. The highest BCUT2D eigenvalue weighted by molar-refractivity contribution is 5.76. The normalized spacial score (nSPS) is 11.4. The molecule has 0 aliphatic heterocycles. The van der Waals surface area contributed by atoms with Crippen LogP contribution in [0.1, 0.15) is 5.56 Å². The monoisotopic (exact) mass is 253 g/mol. The van der Waals surface area contributed by atoms with Gasteiger partial charge in [-0.05, 0) is 17.7 Å². The first-order valence-corrected chi connectivity index (χ1v) is 5.25. The number of carbonyl (C=O) groups excluding carboxylic acids is 1. The molecule has 1 aromatic rings. The molecule has 0 spiro atoms. The number of hydrogen-bond donors (Lipinski definition) is 2. The van der Waals surface area contributed by atoms with Gasteiger partial charge in [0.2, 0.25) is 6.41 Å². The molecule has 98 valence electrons. The highest BCUT2D eigenvalue weighted by Crippen LogP contribution is 2.27. The van der Waals surface area contributed by atoms with E-state index >= 15 is 0 Å².